The van der Waals surface area contributed by atoms with Crippen molar-refractivity contribution >= 4 is 27.8 Å². The highest BCUT2D eigenvalue weighted by Gasteiger charge is 2.18. The summed E-state index contributed by atoms with van der Waals surface area (Å²) in [5.41, 5.74) is 0.436. The van der Waals surface area contributed by atoms with Gasteiger partial charge in [0.1, 0.15) is 13.2 Å². The highest BCUT2D eigenvalue weighted by molar-refractivity contribution is 9.10. The van der Waals surface area contributed by atoms with Crippen LogP contribution in [-0.2, 0) is 9.53 Å². The first-order valence-electron chi connectivity index (χ1n) is 6.06. The number of rotatable bonds is 4. The van der Waals surface area contributed by atoms with E-state index in [-0.39, 0.29) is 24.8 Å². The number of ether oxygens (including phenoxy) is 3. The molecule has 2 rings (SSSR count). The molecule has 0 aromatic heterocycles. The van der Waals surface area contributed by atoms with Crippen LogP contribution in [0.2, 0.25) is 0 Å². The molecule has 0 unspecified atom stereocenters. The van der Waals surface area contributed by atoms with Gasteiger partial charge in [-0.25, -0.2) is 0 Å². The maximum atomic E-state index is 12.0. The standard InChI is InChI=1S/C13H14BrNO5/c1-18-11(16)2-3-15-13(17)8-6-9(14)12-10(7-8)19-4-5-20-12/h6-7H,2-5H2,1H3,(H,15,17). The molecule has 1 aliphatic rings. The van der Waals surface area contributed by atoms with E-state index in [1.54, 1.807) is 12.1 Å². The number of fused-ring (bicyclic) bond motifs is 1. The van der Waals surface area contributed by atoms with Crippen molar-refractivity contribution in [2.45, 2.75) is 6.42 Å². The van der Waals surface area contributed by atoms with Gasteiger partial charge in [0.15, 0.2) is 11.5 Å². The molecule has 20 heavy (non-hydrogen) atoms. The summed E-state index contributed by atoms with van der Waals surface area (Å²) in [6, 6.07) is 3.27. The number of amides is 1. The zero-order chi connectivity index (χ0) is 14.5. The third-order valence-corrected chi connectivity index (χ3v) is 3.29. The van der Waals surface area contributed by atoms with Crippen molar-refractivity contribution in [3.8, 4) is 11.5 Å². The summed E-state index contributed by atoms with van der Waals surface area (Å²) in [5.74, 6) is 0.478. The second kappa shape index (κ2) is 6.60. The minimum atomic E-state index is -0.367. The van der Waals surface area contributed by atoms with Crippen molar-refractivity contribution in [3.05, 3.63) is 22.2 Å². The Labute approximate surface area is 124 Å². The number of nitrogens with one attached hydrogen (secondary N) is 1. The highest BCUT2D eigenvalue weighted by Crippen LogP contribution is 2.38. The second-order valence-electron chi connectivity index (χ2n) is 4.06. The summed E-state index contributed by atoms with van der Waals surface area (Å²) in [6.45, 7) is 1.15. The zero-order valence-corrected chi connectivity index (χ0v) is 12.5. The monoisotopic (exact) mass is 343 g/mol. The molecule has 1 N–H and O–H groups in total. The van der Waals surface area contributed by atoms with Crippen LogP contribution in [0.25, 0.3) is 0 Å². The fourth-order valence-electron chi connectivity index (χ4n) is 1.72. The normalized spacial score (nSPS) is 12.7. The van der Waals surface area contributed by atoms with Crippen molar-refractivity contribution in [3.63, 3.8) is 0 Å². The number of carbonyl (C=O) groups is 2. The largest absolute Gasteiger partial charge is 0.486 e. The smallest absolute Gasteiger partial charge is 0.307 e. The van der Waals surface area contributed by atoms with Crippen LogP contribution in [0.3, 0.4) is 0 Å². The van der Waals surface area contributed by atoms with Crippen LogP contribution < -0.4 is 14.8 Å². The topological polar surface area (TPSA) is 73.9 Å². The average Bonchev–Trinajstić information content (AvgIpc) is 2.46. The van der Waals surface area contributed by atoms with Gasteiger partial charge in [-0.1, -0.05) is 0 Å². The van der Waals surface area contributed by atoms with Gasteiger partial charge in [0.25, 0.3) is 5.91 Å². The molecule has 6 nitrogen and oxygen atoms in total. The molecule has 0 atom stereocenters. The fourth-order valence-corrected chi connectivity index (χ4v) is 2.28. The Kier molecular flexibility index (Phi) is 4.84. The lowest BCUT2D eigenvalue weighted by Crippen LogP contribution is -2.26. The Morgan fingerprint density at radius 3 is 2.85 bits per heavy atom. The molecule has 0 fully saturated rings. The van der Waals surface area contributed by atoms with Gasteiger partial charge in [0.05, 0.1) is 18.0 Å². The van der Waals surface area contributed by atoms with Gasteiger partial charge in [-0.05, 0) is 28.1 Å². The van der Waals surface area contributed by atoms with Crippen LogP contribution in [0, 0.1) is 0 Å². The van der Waals surface area contributed by atoms with Gasteiger partial charge in [-0.2, -0.15) is 0 Å². The van der Waals surface area contributed by atoms with Crippen LogP contribution >= 0.6 is 15.9 Å². The first kappa shape index (κ1) is 14.6. The predicted octanol–water partition coefficient (Wildman–Crippen LogP) is 1.51. The average molecular weight is 344 g/mol. The number of hydrogen-bond acceptors (Lipinski definition) is 5. The number of halogens is 1. The third-order valence-electron chi connectivity index (χ3n) is 2.70. The SMILES string of the molecule is COC(=O)CCNC(=O)c1cc(Br)c2c(c1)OCCO2. The Balaban J connectivity index is 2.03. The van der Waals surface area contributed by atoms with Crippen LogP contribution in [0.5, 0.6) is 11.5 Å². The van der Waals surface area contributed by atoms with E-state index in [1.165, 1.54) is 7.11 Å². The minimum Gasteiger partial charge on any atom is -0.486 e. The molecule has 7 heteroatoms. The van der Waals surface area contributed by atoms with Crippen LogP contribution in [0.4, 0.5) is 0 Å². The van der Waals surface area contributed by atoms with Gasteiger partial charge in [0, 0.05) is 12.1 Å². The Bertz CT molecular complexity index is 532. The van der Waals surface area contributed by atoms with Gasteiger partial charge >= 0.3 is 5.97 Å². The molecule has 0 radical (unpaired) electrons. The molecule has 0 spiro atoms. The van der Waals surface area contributed by atoms with E-state index >= 15 is 0 Å². The predicted molar refractivity (Wildman–Crippen MR) is 74.1 cm³/mol. The van der Waals surface area contributed by atoms with Gasteiger partial charge < -0.3 is 19.5 Å². The molecular formula is C13H14BrNO5. The zero-order valence-electron chi connectivity index (χ0n) is 10.9. The summed E-state index contributed by atoms with van der Waals surface area (Å²) in [6.07, 6.45) is 0.133. The lowest BCUT2D eigenvalue weighted by molar-refractivity contribution is -0.140. The number of carbonyl (C=O) groups excluding carboxylic acids is 2. The molecule has 1 aromatic carbocycles. The number of esters is 1. The maximum Gasteiger partial charge on any atom is 0.307 e. The third kappa shape index (κ3) is 3.41. The summed E-state index contributed by atoms with van der Waals surface area (Å²) in [7, 11) is 1.31. The van der Waals surface area contributed by atoms with Crippen LogP contribution in [-0.4, -0.2) is 38.7 Å². The molecule has 108 valence electrons. The molecule has 0 bridgehead atoms. The van der Waals surface area contributed by atoms with Crippen molar-refractivity contribution in [1.82, 2.24) is 5.32 Å². The van der Waals surface area contributed by atoms with E-state index in [9.17, 15) is 9.59 Å². The van der Waals surface area contributed by atoms with E-state index < -0.39 is 0 Å². The van der Waals surface area contributed by atoms with Crippen molar-refractivity contribution in [2.75, 3.05) is 26.9 Å². The molecule has 0 saturated carbocycles. The molecular weight excluding hydrogens is 330 g/mol. The number of benzene rings is 1. The van der Waals surface area contributed by atoms with E-state index in [1.807, 2.05) is 0 Å². The summed E-state index contributed by atoms with van der Waals surface area (Å²) >= 11 is 3.34. The molecule has 1 amide bonds. The van der Waals surface area contributed by atoms with E-state index in [0.29, 0.717) is 34.7 Å². The van der Waals surface area contributed by atoms with Crippen molar-refractivity contribution in [2.24, 2.45) is 0 Å². The summed E-state index contributed by atoms with van der Waals surface area (Å²) in [4.78, 5) is 22.9. The van der Waals surface area contributed by atoms with Crippen molar-refractivity contribution in [1.29, 1.82) is 0 Å². The minimum absolute atomic E-state index is 0.133. The van der Waals surface area contributed by atoms with E-state index in [2.05, 4.69) is 26.0 Å². The van der Waals surface area contributed by atoms with Gasteiger partial charge in [-0.15, -0.1) is 0 Å². The van der Waals surface area contributed by atoms with Gasteiger partial charge in [-0.3, -0.25) is 9.59 Å². The lowest BCUT2D eigenvalue weighted by Gasteiger charge is -2.20. The summed E-state index contributed by atoms with van der Waals surface area (Å²) in [5, 5.41) is 2.64. The van der Waals surface area contributed by atoms with Crippen LogP contribution in [0.1, 0.15) is 16.8 Å². The van der Waals surface area contributed by atoms with Crippen LogP contribution in [0.15, 0.2) is 16.6 Å². The highest BCUT2D eigenvalue weighted by atomic mass is 79.9. The Morgan fingerprint density at radius 2 is 2.10 bits per heavy atom. The van der Waals surface area contributed by atoms with E-state index in [4.69, 9.17) is 9.47 Å². The molecule has 1 aromatic rings. The first-order chi connectivity index (χ1) is 9.61. The molecule has 1 heterocycles. The van der Waals surface area contributed by atoms with E-state index in [0.717, 1.165) is 0 Å². The first-order valence-corrected chi connectivity index (χ1v) is 6.85. The summed E-state index contributed by atoms with van der Waals surface area (Å²) < 4.78 is 16.1. The Morgan fingerprint density at radius 1 is 1.35 bits per heavy atom. The fraction of sp³-hybridized carbons (Fsp3) is 0.385. The lowest BCUT2D eigenvalue weighted by atomic mass is 10.2. The molecule has 1 aliphatic heterocycles. The molecule has 0 saturated heterocycles. The Hall–Kier alpha value is -1.76. The molecule has 0 aliphatic carbocycles. The van der Waals surface area contributed by atoms with Gasteiger partial charge in [0.2, 0.25) is 0 Å². The number of methoxy groups -OCH3 is 1. The quantitative estimate of drug-likeness (QED) is 0.839. The second-order valence-corrected chi connectivity index (χ2v) is 4.92. The maximum absolute atomic E-state index is 12.0. The number of hydrogen-bond donors (Lipinski definition) is 1. The van der Waals surface area contributed by atoms with Crippen molar-refractivity contribution < 1.29 is 23.8 Å².